The molecule has 2 aromatic rings. The molecule has 26 heavy (non-hydrogen) atoms. The van der Waals surface area contributed by atoms with E-state index in [1.165, 1.54) is 24.3 Å². The molecule has 0 unspecified atom stereocenters. The van der Waals surface area contributed by atoms with Gasteiger partial charge in [-0.05, 0) is 73.1 Å². The summed E-state index contributed by atoms with van der Waals surface area (Å²) in [6.45, 7) is 5.36. The number of anilines is 1. The van der Waals surface area contributed by atoms with Gasteiger partial charge in [-0.25, -0.2) is 8.42 Å². The average Bonchev–Trinajstić information content (AvgIpc) is 2.56. The van der Waals surface area contributed by atoms with Crippen LogP contribution in [0.5, 0.6) is 5.75 Å². The van der Waals surface area contributed by atoms with E-state index in [0.717, 1.165) is 0 Å². The summed E-state index contributed by atoms with van der Waals surface area (Å²) in [5, 5.41) is 2.76. The van der Waals surface area contributed by atoms with Crippen LogP contribution in [0.25, 0.3) is 0 Å². The van der Waals surface area contributed by atoms with Crippen LogP contribution in [0, 0.1) is 0 Å². The molecule has 6 nitrogen and oxygen atoms in total. The lowest BCUT2D eigenvalue weighted by atomic mass is 10.3. The summed E-state index contributed by atoms with van der Waals surface area (Å²) in [4.78, 5) is 12.0. The minimum Gasteiger partial charge on any atom is -0.481 e. The molecule has 2 aromatic carbocycles. The standard InChI is InChI=1S/C18H21BrN2O4S/c1-12(2)20-18(22)13(3)25-14-8-10-15(11-9-14)26(23,24)21-17-7-5-4-6-16(17)19/h4-13,21H,1-3H3,(H,20,22)/t13-/m1/s1. The van der Waals surface area contributed by atoms with Crippen LogP contribution in [0.1, 0.15) is 20.8 Å². The highest BCUT2D eigenvalue weighted by Gasteiger charge is 2.18. The lowest BCUT2D eigenvalue weighted by molar-refractivity contribution is -0.127. The monoisotopic (exact) mass is 440 g/mol. The van der Waals surface area contributed by atoms with Gasteiger partial charge in [-0.2, -0.15) is 0 Å². The number of carbonyl (C=O) groups excluding carboxylic acids is 1. The van der Waals surface area contributed by atoms with Gasteiger partial charge in [-0.3, -0.25) is 9.52 Å². The Bertz CT molecular complexity index is 867. The van der Waals surface area contributed by atoms with Gasteiger partial charge in [-0.15, -0.1) is 0 Å². The summed E-state index contributed by atoms with van der Waals surface area (Å²) < 4.78 is 33.7. The van der Waals surface area contributed by atoms with Gasteiger partial charge in [0.25, 0.3) is 15.9 Å². The number of halogens is 1. The van der Waals surface area contributed by atoms with Crippen LogP contribution in [-0.4, -0.2) is 26.5 Å². The second-order valence-electron chi connectivity index (χ2n) is 5.98. The summed E-state index contributed by atoms with van der Waals surface area (Å²) in [5.41, 5.74) is 0.451. The average molecular weight is 441 g/mol. The fourth-order valence-electron chi connectivity index (χ4n) is 2.10. The molecular weight excluding hydrogens is 420 g/mol. The number of para-hydroxylation sites is 1. The molecule has 0 aliphatic rings. The normalized spacial score (nSPS) is 12.5. The quantitative estimate of drug-likeness (QED) is 0.689. The van der Waals surface area contributed by atoms with Crippen molar-refractivity contribution in [2.75, 3.05) is 4.72 Å². The van der Waals surface area contributed by atoms with Crippen molar-refractivity contribution in [3.8, 4) is 5.75 Å². The smallest absolute Gasteiger partial charge is 0.261 e. The van der Waals surface area contributed by atoms with Crippen molar-refractivity contribution < 1.29 is 17.9 Å². The van der Waals surface area contributed by atoms with Crippen LogP contribution in [0.2, 0.25) is 0 Å². The van der Waals surface area contributed by atoms with E-state index in [2.05, 4.69) is 26.0 Å². The van der Waals surface area contributed by atoms with E-state index in [0.29, 0.717) is 15.9 Å². The molecule has 0 heterocycles. The Hall–Kier alpha value is -2.06. The summed E-state index contributed by atoms with van der Waals surface area (Å²) in [5.74, 6) is 0.184. The van der Waals surface area contributed by atoms with Crippen molar-refractivity contribution in [3.63, 3.8) is 0 Å². The van der Waals surface area contributed by atoms with Gasteiger partial charge >= 0.3 is 0 Å². The highest BCUT2D eigenvalue weighted by Crippen LogP contribution is 2.25. The maximum absolute atomic E-state index is 12.5. The molecular formula is C18H21BrN2O4S. The van der Waals surface area contributed by atoms with E-state index in [4.69, 9.17) is 4.74 Å². The van der Waals surface area contributed by atoms with Gasteiger partial charge in [0.1, 0.15) is 5.75 Å². The van der Waals surface area contributed by atoms with Gasteiger partial charge in [0.15, 0.2) is 6.10 Å². The lowest BCUT2D eigenvalue weighted by Gasteiger charge is -2.16. The van der Waals surface area contributed by atoms with Crippen LogP contribution < -0.4 is 14.8 Å². The topological polar surface area (TPSA) is 84.5 Å². The Morgan fingerprint density at radius 2 is 1.65 bits per heavy atom. The Balaban J connectivity index is 2.08. The molecule has 2 N–H and O–H groups in total. The first-order valence-electron chi connectivity index (χ1n) is 8.03. The Kier molecular flexibility index (Phi) is 6.66. The number of hydrogen-bond acceptors (Lipinski definition) is 4. The van der Waals surface area contributed by atoms with E-state index in [1.807, 2.05) is 13.8 Å². The van der Waals surface area contributed by atoms with E-state index in [-0.39, 0.29) is 16.8 Å². The third-order valence-electron chi connectivity index (χ3n) is 3.37. The predicted octanol–water partition coefficient (Wildman–Crippen LogP) is 3.54. The van der Waals surface area contributed by atoms with E-state index in [1.54, 1.807) is 31.2 Å². The van der Waals surface area contributed by atoms with Crippen molar-refractivity contribution in [2.45, 2.75) is 37.8 Å². The van der Waals surface area contributed by atoms with Crippen LogP contribution in [0.4, 0.5) is 5.69 Å². The number of benzene rings is 2. The Morgan fingerprint density at radius 3 is 2.23 bits per heavy atom. The fourth-order valence-corrected chi connectivity index (χ4v) is 3.70. The molecule has 0 bridgehead atoms. The van der Waals surface area contributed by atoms with Crippen molar-refractivity contribution in [1.82, 2.24) is 5.32 Å². The summed E-state index contributed by atoms with van der Waals surface area (Å²) in [7, 11) is -3.73. The van der Waals surface area contributed by atoms with Gasteiger partial charge < -0.3 is 10.1 Å². The zero-order valence-corrected chi connectivity index (χ0v) is 17.1. The second-order valence-corrected chi connectivity index (χ2v) is 8.52. The molecule has 0 radical (unpaired) electrons. The van der Waals surface area contributed by atoms with Crippen LogP contribution >= 0.6 is 15.9 Å². The summed E-state index contributed by atoms with van der Waals surface area (Å²) in [6.07, 6.45) is -0.682. The van der Waals surface area contributed by atoms with Crippen molar-refractivity contribution in [1.29, 1.82) is 0 Å². The van der Waals surface area contributed by atoms with Crippen molar-refractivity contribution in [2.24, 2.45) is 0 Å². The predicted molar refractivity (Wildman–Crippen MR) is 105 cm³/mol. The van der Waals surface area contributed by atoms with Crippen LogP contribution in [0.15, 0.2) is 57.9 Å². The Labute approximate surface area is 162 Å². The molecule has 0 aliphatic carbocycles. The highest BCUT2D eigenvalue weighted by molar-refractivity contribution is 9.10. The molecule has 0 aliphatic heterocycles. The lowest BCUT2D eigenvalue weighted by Crippen LogP contribution is -2.40. The zero-order valence-electron chi connectivity index (χ0n) is 14.7. The molecule has 0 spiro atoms. The van der Waals surface area contributed by atoms with Crippen molar-refractivity contribution in [3.05, 3.63) is 53.0 Å². The Morgan fingerprint density at radius 1 is 1.04 bits per heavy atom. The SMILES string of the molecule is CC(C)NC(=O)[C@@H](C)Oc1ccc(S(=O)(=O)Nc2ccccc2Br)cc1. The number of ether oxygens (including phenoxy) is 1. The van der Waals surface area contributed by atoms with Gasteiger partial charge in [-0.1, -0.05) is 12.1 Å². The minimum absolute atomic E-state index is 0.0180. The number of rotatable bonds is 7. The third kappa shape index (κ3) is 5.47. The van der Waals surface area contributed by atoms with Crippen LogP contribution in [0.3, 0.4) is 0 Å². The molecule has 0 fully saturated rings. The number of sulfonamides is 1. The fraction of sp³-hybridized carbons (Fsp3) is 0.278. The molecule has 0 saturated heterocycles. The second kappa shape index (κ2) is 8.55. The largest absolute Gasteiger partial charge is 0.481 e. The number of amides is 1. The molecule has 8 heteroatoms. The first-order chi connectivity index (χ1) is 12.2. The highest BCUT2D eigenvalue weighted by atomic mass is 79.9. The molecule has 1 amide bonds. The third-order valence-corrected chi connectivity index (χ3v) is 5.44. The molecule has 1 atom stereocenters. The van der Waals surface area contributed by atoms with Gasteiger partial charge in [0.2, 0.25) is 0 Å². The minimum atomic E-state index is -3.73. The number of carbonyl (C=O) groups is 1. The maximum atomic E-state index is 12.5. The number of nitrogens with one attached hydrogen (secondary N) is 2. The van der Waals surface area contributed by atoms with Gasteiger partial charge in [0.05, 0.1) is 10.6 Å². The number of hydrogen-bond donors (Lipinski definition) is 2. The first-order valence-corrected chi connectivity index (χ1v) is 10.3. The van der Waals surface area contributed by atoms with Crippen LogP contribution in [-0.2, 0) is 14.8 Å². The summed E-state index contributed by atoms with van der Waals surface area (Å²) in [6, 6.07) is 12.9. The van der Waals surface area contributed by atoms with E-state index >= 15 is 0 Å². The molecule has 140 valence electrons. The van der Waals surface area contributed by atoms with Gasteiger partial charge in [0, 0.05) is 10.5 Å². The summed E-state index contributed by atoms with van der Waals surface area (Å²) >= 11 is 3.31. The molecule has 0 saturated carbocycles. The maximum Gasteiger partial charge on any atom is 0.261 e. The van der Waals surface area contributed by atoms with E-state index < -0.39 is 16.1 Å². The first kappa shape index (κ1) is 20.3. The molecule has 0 aromatic heterocycles. The van der Waals surface area contributed by atoms with E-state index in [9.17, 15) is 13.2 Å². The molecule has 2 rings (SSSR count). The zero-order chi connectivity index (χ0) is 19.3. The van der Waals surface area contributed by atoms with Crippen molar-refractivity contribution >= 4 is 37.5 Å².